The number of methoxy groups -OCH3 is 1. The van der Waals surface area contributed by atoms with E-state index >= 15 is 0 Å². The third kappa shape index (κ3) is 2.34. The van der Waals surface area contributed by atoms with Gasteiger partial charge < -0.3 is 4.74 Å². The fraction of sp³-hybridized carbons (Fsp3) is 0.500. The molecule has 0 spiro atoms. The molecule has 1 aromatic carbocycles. The van der Waals surface area contributed by atoms with E-state index in [0.29, 0.717) is 6.04 Å². The van der Waals surface area contributed by atoms with Crippen LogP contribution in [0.2, 0.25) is 0 Å². The fourth-order valence-electron chi connectivity index (χ4n) is 2.22. The van der Waals surface area contributed by atoms with Crippen LogP contribution in [0.4, 0.5) is 0 Å². The molecule has 0 amide bonds. The summed E-state index contributed by atoms with van der Waals surface area (Å²) >= 11 is 0. The molecule has 17 heavy (non-hydrogen) atoms. The first-order valence-electron chi connectivity index (χ1n) is 6.00. The van der Waals surface area contributed by atoms with Crippen LogP contribution in [-0.2, 0) is 15.1 Å². The van der Waals surface area contributed by atoms with Gasteiger partial charge in [-0.1, -0.05) is 24.3 Å². The number of hydrogen-bond acceptors (Lipinski definition) is 3. The van der Waals surface area contributed by atoms with Crippen molar-refractivity contribution in [1.29, 1.82) is 0 Å². The van der Waals surface area contributed by atoms with Crippen LogP contribution < -0.4 is 5.32 Å². The van der Waals surface area contributed by atoms with Crippen LogP contribution >= 0.6 is 0 Å². The number of ether oxygens (including phenoxy) is 1. The van der Waals surface area contributed by atoms with Gasteiger partial charge in [0.25, 0.3) is 0 Å². The zero-order chi connectivity index (χ0) is 12.5. The zero-order valence-corrected chi connectivity index (χ0v) is 10.6. The topological polar surface area (TPSA) is 38.3 Å². The Kier molecular flexibility index (Phi) is 3.20. The van der Waals surface area contributed by atoms with Crippen molar-refractivity contribution in [3.05, 3.63) is 35.4 Å². The molecule has 2 rings (SSSR count). The molecule has 1 saturated carbocycles. The van der Waals surface area contributed by atoms with Gasteiger partial charge in [-0.15, -0.1) is 0 Å². The Morgan fingerprint density at radius 3 is 2.59 bits per heavy atom. The highest BCUT2D eigenvalue weighted by Gasteiger charge is 2.41. The summed E-state index contributed by atoms with van der Waals surface area (Å²) in [7, 11) is 1.44. The third-order valence-corrected chi connectivity index (χ3v) is 3.35. The third-order valence-electron chi connectivity index (χ3n) is 3.35. The summed E-state index contributed by atoms with van der Waals surface area (Å²) in [4.78, 5) is 12.1. The van der Waals surface area contributed by atoms with Gasteiger partial charge in [0.05, 0.1) is 7.11 Å². The molecule has 3 nitrogen and oxygen atoms in total. The van der Waals surface area contributed by atoms with Crippen LogP contribution in [-0.4, -0.2) is 19.1 Å². The molecule has 0 aromatic heterocycles. The first kappa shape index (κ1) is 12.1. The van der Waals surface area contributed by atoms with Gasteiger partial charge in [0.2, 0.25) is 0 Å². The van der Waals surface area contributed by atoms with Crippen LogP contribution in [0.3, 0.4) is 0 Å². The SMILES string of the molecule is COC(=O)C(C)(NC1CC1)c1ccccc1C. The molecule has 1 aliphatic carbocycles. The van der Waals surface area contributed by atoms with E-state index in [4.69, 9.17) is 4.74 Å². The molecule has 3 heteroatoms. The lowest BCUT2D eigenvalue weighted by atomic mass is 9.88. The highest BCUT2D eigenvalue weighted by molar-refractivity contribution is 5.82. The number of benzene rings is 1. The number of hydrogen-bond donors (Lipinski definition) is 1. The summed E-state index contributed by atoms with van der Waals surface area (Å²) in [6.07, 6.45) is 2.27. The van der Waals surface area contributed by atoms with Gasteiger partial charge >= 0.3 is 5.97 Å². The lowest BCUT2D eigenvalue weighted by molar-refractivity contribution is -0.148. The molecule has 1 aliphatic rings. The first-order valence-corrected chi connectivity index (χ1v) is 6.00. The largest absolute Gasteiger partial charge is 0.467 e. The average molecular weight is 233 g/mol. The lowest BCUT2D eigenvalue weighted by Gasteiger charge is -2.30. The minimum Gasteiger partial charge on any atom is -0.467 e. The molecule has 0 heterocycles. The second-order valence-corrected chi connectivity index (χ2v) is 4.85. The molecule has 1 aromatic rings. The molecular formula is C14H19NO2. The second kappa shape index (κ2) is 4.49. The summed E-state index contributed by atoms with van der Waals surface area (Å²) in [5.74, 6) is -0.223. The quantitative estimate of drug-likeness (QED) is 0.810. The molecule has 0 saturated heterocycles. The normalized spacial score (nSPS) is 18.5. The molecule has 1 N–H and O–H groups in total. The summed E-state index contributed by atoms with van der Waals surface area (Å²) in [6, 6.07) is 8.39. The van der Waals surface area contributed by atoms with Crippen molar-refractivity contribution < 1.29 is 9.53 Å². The summed E-state index contributed by atoms with van der Waals surface area (Å²) in [5, 5.41) is 3.40. The lowest BCUT2D eigenvalue weighted by Crippen LogP contribution is -2.48. The standard InChI is InChI=1S/C14H19NO2/c1-10-6-4-5-7-12(10)14(2,13(16)17-3)15-11-8-9-11/h4-7,11,15H,8-9H2,1-3H3. The van der Waals surface area contributed by atoms with E-state index in [1.54, 1.807) is 0 Å². The van der Waals surface area contributed by atoms with Crippen molar-refractivity contribution in [2.24, 2.45) is 0 Å². The predicted molar refractivity (Wildman–Crippen MR) is 66.7 cm³/mol. The molecule has 1 fully saturated rings. The maximum atomic E-state index is 12.1. The first-order chi connectivity index (χ1) is 8.08. The second-order valence-electron chi connectivity index (χ2n) is 4.85. The Morgan fingerprint density at radius 2 is 2.06 bits per heavy atom. The minimum atomic E-state index is -0.735. The molecule has 0 aliphatic heterocycles. The summed E-state index contributed by atoms with van der Waals surface area (Å²) < 4.78 is 4.95. The Labute approximate surface area is 102 Å². The number of rotatable bonds is 4. The molecule has 1 atom stereocenters. The fourth-order valence-corrected chi connectivity index (χ4v) is 2.22. The van der Waals surface area contributed by atoms with E-state index in [-0.39, 0.29) is 5.97 Å². The highest BCUT2D eigenvalue weighted by Crippen LogP contribution is 2.31. The highest BCUT2D eigenvalue weighted by atomic mass is 16.5. The van der Waals surface area contributed by atoms with Crippen LogP contribution in [0.15, 0.2) is 24.3 Å². The van der Waals surface area contributed by atoms with Crippen molar-refractivity contribution in [3.8, 4) is 0 Å². The molecular weight excluding hydrogens is 214 g/mol. The monoisotopic (exact) mass is 233 g/mol. The van der Waals surface area contributed by atoms with E-state index in [1.165, 1.54) is 7.11 Å². The number of carbonyl (C=O) groups is 1. The number of carbonyl (C=O) groups excluding carboxylic acids is 1. The van der Waals surface area contributed by atoms with Crippen molar-refractivity contribution >= 4 is 5.97 Å². The van der Waals surface area contributed by atoms with Crippen molar-refractivity contribution in [2.45, 2.75) is 38.3 Å². The minimum absolute atomic E-state index is 0.223. The van der Waals surface area contributed by atoms with Gasteiger partial charge in [0, 0.05) is 6.04 Å². The van der Waals surface area contributed by atoms with Gasteiger partial charge in [-0.3, -0.25) is 5.32 Å². The predicted octanol–water partition coefficient (Wildman–Crippen LogP) is 2.14. The van der Waals surface area contributed by atoms with Crippen LogP contribution in [0.1, 0.15) is 30.9 Å². The van der Waals surface area contributed by atoms with E-state index in [2.05, 4.69) is 5.32 Å². The van der Waals surface area contributed by atoms with Gasteiger partial charge in [0.1, 0.15) is 5.54 Å². The Balaban J connectivity index is 2.38. The molecule has 1 unspecified atom stereocenters. The number of esters is 1. The van der Waals surface area contributed by atoms with E-state index in [1.807, 2.05) is 38.1 Å². The summed E-state index contributed by atoms with van der Waals surface area (Å²) in [6.45, 7) is 3.92. The van der Waals surface area contributed by atoms with E-state index in [9.17, 15) is 4.79 Å². The Hall–Kier alpha value is -1.35. The number of aryl methyl sites for hydroxylation is 1. The number of nitrogens with one attached hydrogen (secondary N) is 1. The van der Waals surface area contributed by atoms with Crippen LogP contribution in [0, 0.1) is 6.92 Å². The Bertz CT molecular complexity index is 426. The molecule has 0 radical (unpaired) electrons. The van der Waals surface area contributed by atoms with E-state index in [0.717, 1.165) is 24.0 Å². The van der Waals surface area contributed by atoms with E-state index < -0.39 is 5.54 Å². The van der Waals surface area contributed by atoms with Crippen LogP contribution in [0.25, 0.3) is 0 Å². The molecule has 0 bridgehead atoms. The van der Waals surface area contributed by atoms with Gasteiger partial charge in [-0.05, 0) is 37.8 Å². The van der Waals surface area contributed by atoms with Gasteiger partial charge in [-0.25, -0.2) is 4.79 Å². The maximum absolute atomic E-state index is 12.1. The van der Waals surface area contributed by atoms with Crippen molar-refractivity contribution in [1.82, 2.24) is 5.32 Å². The zero-order valence-electron chi connectivity index (χ0n) is 10.6. The van der Waals surface area contributed by atoms with Gasteiger partial charge in [0.15, 0.2) is 0 Å². The smallest absolute Gasteiger partial charge is 0.330 e. The maximum Gasteiger partial charge on any atom is 0.330 e. The van der Waals surface area contributed by atoms with Crippen molar-refractivity contribution in [2.75, 3.05) is 7.11 Å². The average Bonchev–Trinajstić information content (AvgIpc) is 3.12. The Morgan fingerprint density at radius 1 is 1.41 bits per heavy atom. The summed E-state index contributed by atoms with van der Waals surface area (Å²) in [5.41, 5.74) is 1.37. The van der Waals surface area contributed by atoms with Crippen molar-refractivity contribution in [3.63, 3.8) is 0 Å². The van der Waals surface area contributed by atoms with Gasteiger partial charge in [-0.2, -0.15) is 0 Å². The molecule has 92 valence electrons. The van der Waals surface area contributed by atoms with Crippen LogP contribution in [0.5, 0.6) is 0 Å².